The molecule has 8 nitrogen and oxygen atoms in total. The van der Waals surface area contributed by atoms with Crippen LogP contribution in [0.15, 0.2) is 83.9 Å². The average Bonchev–Trinajstić information content (AvgIpc) is 3.20. The first kappa shape index (κ1) is 25.6. The van der Waals surface area contributed by atoms with Crippen LogP contribution < -0.4 is 16.0 Å². The molecule has 0 aromatic heterocycles. The molecule has 8 heteroatoms. The predicted octanol–water partition coefficient (Wildman–Crippen LogP) is 4.68. The topological polar surface area (TPSA) is 109 Å². The Kier molecular flexibility index (Phi) is 7.67. The van der Waals surface area contributed by atoms with Crippen LogP contribution in [0.3, 0.4) is 0 Å². The van der Waals surface area contributed by atoms with Gasteiger partial charge >= 0.3 is 6.09 Å². The van der Waals surface area contributed by atoms with E-state index in [2.05, 4.69) is 16.0 Å². The lowest BCUT2D eigenvalue weighted by molar-refractivity contribution is -0.120. The van der Waals surface area contributed by atoms with Crippen LogP contribution in [0.25, 0.3) is 0 Å². The van der Waals surface area contributed by atoms with Gasteiger partial charge in [-0.3, -0.25) is 14.6 Å². The van der Waals surface area contributed by atoms with Crippen molar-refractivity contribution in [2.45, 2.75) is 38.8 Å². The number of nitrogens with zero attached hydrogens (tertiary/aromatic N) is 1. The minimum absolute atomic E-state index is 0.108. The van der Waals surface area contributed by atoms with Crippen molar-refractivity contribution in [1.29, 1.82) is 0 Å². The van der Waals surface area contributed by atoms with Gasteiger partial charge in [0.2, 0.25) is 11.8 Å². The zero-order valence-electron chi connectivity index (χ0n) is 21.1. The minimum atomic E-state index is -0.641. The number of rotatable bonds is 7. The van der Waals surface area contributed by atoms with E-state index in [9.17, 15) is 14.4 Å². The van der Waals surface area contributed by atoms with Crippen LogP contribution >= 0.6 is 0 Å². The van der Waals surface area contributed by atoms with Gasteiger partial charge < -0.3 is 20.7 Å². The van der Waals surface area contributed by atoms with Crippen molar-refractivity contribution in [2.75, 3.05) is 11.9 Å². The third-order valence-corrected chi connectivity index (χ3v) is 5.60. The fourth-order valence-corrected chi connectivity index (χ4v) is 3.94. The number of hydrogen-bond acceptors (Lipinski definition) is 5. The summed E-state index contributed by atoms with van der Waals surface area (Å²) < 4.78 is 5.12. The molecule has 1 aliphatic heterocycles. The maximum absolute atomic E-state index is 12.9. The Morgan fingerprint density at radius 3 is 2.30 bits per heavy atom. The van der Waals surface area contributed by atoms with Crippen LogP contribution in [-0.2, 0) is 20.9 Å². The number of carbonyl (C=O) groups is 3. The fourth-order valence-electron chi connectivity index (χ4n) is 3.94. The van der Waals surface area contributed by atoms with E-state index in [1.165, 1.54) is 0 Å². The lowest BCUT2D eigenvalue weighted by atomic mass is 9.90. The molecule has 1 aliphatic rings. The number of nitrogens with one attached hydrogen (secondary N) is 3. The molecule has 1 atom stereocenters. The average molecular weight is 499 g/mol. The van der Waals surface area contributed by atoms with E-state index in [0.29, 0.717) is 17.9 Å². The van der Waals surface area contributed by atoms with Crippen LogP contribution in [-0.4, -0.2) is 35.8 Å². The molecule has 0 radical (unpaired) electrons. The summed E-state index contributed by atoms with van der Waals surface area (Å²) in [5, 5.41) is 8.16. The van der Waals surface area contributed by atoms with E-state index < -0.39 is 17.6 Å². The normalized spacial score (nSPS) is 14.9. The van der Waals surface area contributed by atoms with Crippen molar-refractivity contribution in [3.63, 3.8) is 0 Å². The SMILES string of the molecule is CC(C)(C)OC(=O)NCC(=O)NCc1ccc(N=C(c2ccccc2)C2C(=O)Nc3ccccc32)cc1. The number of benzene rings is 3. The zero-order valence-corrected chi connectivity index (χ0v) is 21.1. The van der Waals surface area contributed by atoms with Crippen LogP contribution in [0.2, 0.25) is 0 Å². The van der Waals surface area contributed by atoms with Crippen LogP contribution in [0, 0.1) is 0 Å². The van der Waals surface area contributed by atoms with Gasteiger partial charge in [0.1, 0.15) is 18.1 Å². The van der Waals surface area contributed by atoms with E-state index >= 15 is 0 Å². The standard InChI is InChI=1S/C29H30N4O4/c1-29(2,3)37-28(36)31-18-24(34)30-17-19-13-15-21(16-14-19)32-26(20-9-5-4-6-10-20)25-22-11-7-8-12-23(22)33-27(25)35/h4-16,25H,17-18H2,1-3H3,(H,30,34)(H,31,36)(H,33,35). The van der Waals surface area contributed by atoms with Gasteiger partial charge in [0.05, 0.1) is 11.4 Å². The highest BCUT2D eigenvalue weighted by Crippen LogP contribution is 2.36. The van der Waals surface area contributed by atoms with Gasteiger partial charge in [-0.05, 0) is 55.7 Å². The first-order valence-electron chi connectivity index (χ1n) is 12.1. The van der Waals surface area contributed by atoms with Gasteiger partial charge in [-0.1, -0.05) is 60.7 Å². The fraction of sp³-hybridized carbons (Fsp3) is 0.241. The highest BCUT2D eigenvalue weighted by Gasteiger charge is 2.35. The molecule has 1 heterocycles. The molecule has 1 unspecified atom stereocenters. The van der Waals surface area contributed by atoms with Gasteiger partial charge in [0, 0.05) is 12.2 Å². The zero-order chi connectivity index (χ0) is 26.4. The van der Waals surface area contributed by atoms with E-state index in [-0.39, 0.29) is 18.4 Å². The first-order valence-corrected chi connectivity index (χ1v) is 12.1. The lowest BCUT2D eigenvalue weighted by Gasteiger charge is -2.19. The van der Waals surface area contributed by atoms with Gasteiger partial charge in [0.15, 0.2) is 0 Å². The molecule has 0 saturated heterocycles. The Morgan fingerprint density at radius 1 is 0.919 bits per heavy atom. The first-order chi connectivity index (χ1) is 17.7. The number of hydrogen-bond donors (Lipinski definition) is 3. The molecule has 190 valence electrons. The summed E-state index contributed by atoms with van der Waals surface area (Å²) in [4.78, 5) is 41.6. The van der Waals surface area contributed by atoms with E-state index in [1.807, 2.05) is 78.9 Å². The number of carbonyl (C=O) groups excluding carboxylic acids is 3. The number of ether oxygens (including phenoxy) is 1. The van der Waals surface area contributed by atoms with Crippen molar-refractivity contribution in [3.8, 4) is 0 Å². The largest absolute Gasteiger partial charge is 0.444 e. The molecule has 3 amide bonds. The monoisotopic (exact) mass is 498 g/mol. The highest BCUT2D eigenvalue weighted by atomic mass is 16.6. The third-order valence-electron chi connectivity index (χ3n) is 5.60. The molecule has 3 N–H and O–H groups in total. The molecule has 4 rings (SSSR count). The summed E-state index contributed by atoms with van der Waals surface area (Å²) in [6.07, 6.45) is -0.641. The molecule has 0 bridgehead atoms. The summed E-state index contributed by atoms with van der Waals surface area (Å²) in [6.45, 7) is 5.38. The Labute approximate surface area is 216 Å². The van der Waals surface area contributed by atoms with E-state index in [4.69, 9.17) is 9.73 Å². The predicted molar refractivity (Wildman–Crippen MR) is 143 cm³/mol. The van der Waals surface area contributed by atoms with Gasteiger partial charge in [0.25, 0.3) is 0 Å². The maximum Gasteiger partial charge on any atom is 0.408 e. The summed E-state index contributed by atoms with van der Waals surface area (Å²) in [6, 6.07) is 24.7. The van der Waals surface area contributed by atoms with Crippen LogP contribution in [0.5, 0.6) is 0 Å². The summed E-state index contributed by atoms with van der Waals surface area (Å²) >= 11 is 0. The van der Waals surface area contributed by atoms with E-state index in [0.717, 1.165) is 22.4 Å². The number of anilines is 1. The van der Waals surface area contributed by atoms with Gasteiger partial charge in [-0.2, -0.15) is 0 Å². The van der Waals surface area contributed by atoms with Crippen molar-refractivity contribution >= 4 is 35.0 Å². The Morgan fingerprint density at radius 2 is 1.59 bits per heavy atom. The Hall–Kier alpha value is -4.46. The molecule has 37 heavy (non-hydrogen) atoms. The summed E-state index contributed by atoms with van der Waals surface area (Å²) in [5.74, 6) is -0.955. The summed E-state index contributed by atoms with van der Waals surface area (Å²) in [5.41, 5.74) is 4.16. The van der Waals surface area contributed by atoms with Crippen molar-refractivity contribution in [2.24, 2.45) is 4.99 Å². The maximum atomic E-state index is 12.9. The van der Waals surface area contributed by atoms with E-state index in [1.54, 1.807) is 20.8 Å². The second-order valence-electron chi connectivity index (χ2n) is 9.67. The van der Waals surface area contributed by atoms with Crippen molar-refractivity contribution in [3.05, 3.63) is 95.6 Å². The quantitative estimate of drug-likeness (QED) is 0.411. The second-order valence-corrected chi connectivity index (χ2v) is 9.67. The van der Waals surface area contributed by atoms with Crippen LogP contribution in [0.1, 0.15) is 43.4 Å². The Bertz CT molecular complexity index is 1310. The molecule has 0 fully saturated rings. The molecule has 0 saturated carbocycles. The molecule has 3 aromatic rings. The van der Waals surface area contributed by atoms with Gasteiger partial charge in [-0.15, -0.1) is 0 Å². The second kappa shape index (κ2) is 11.1. The molecular weight excluding hydrogens is 468 g/mol. The molecule has 0 spiro atoms. The number of aliphatic imine (C=N–C) groups is 1. The highest BCUT2D eigenvalue weighted by molar-refractivity contribution is 6.24. The van der Waals surface area contributed by atoms with Crippen molar-refractivity contribution in [1.82, 2.24) is 10.6 Å². The van der Waals surface area contributed by atoms with Crippen molar-refractivity contribution < 1.29 is 19.1 Å². The molecule has 0 aliphatic carbocycles. The number of fused-ring (bicyclic) bond motifs is 1. The molecule has 3 aromatic carbocycles. The number of amides is 3. The lowest BCUT2D eigenvalue weighted by Crippen LogP contribution is -2.39. The number of para-hydroxylation sites is 1. The smallest absolute Gasteiger partial charge is 0.408 e. The Balaban J connectivity index is 1.45. The third kappa shape index (κ3) is 6.82. The van der Waals surface area contributed by atoms with Crippen LogP contribution in [0.4, 0.5) is 16.2 Å². The number of alkyl carbamates (subject to hydrolysis) is 1. The molecular formula is C29H30N4O4. The summed E-state index contributed by atoms with van der Waals surface area (Å²) in [7, 11) is 0. The van der Waals surface area contributed by atoms with Gasteiger partial charge in [-0.25, -0.2) is 4.79 Å². The minimum Gasteiger partial charge on any atom is -0.444 e.